The second kappa shape index (κ2) is 8.50. The van der Waals surface area contributed by atoms with E-state index in [2.05, 4.69) is 57.3 Å². The lowest BCUT2D eigenvalue weighted by atomic mass is 9.87. The predicted octanol–water partition coefficient (Wildman–Crippen LogP) is 1.94. The lowest BCUT2D eigenvalue weighted by Gasteiger charge is -2.36. The van der Waals surface area contributed by atoms with Gasteiger partial charge in [0.05, 0.1) is 12.5 Å². The first-order chi connectivity index (χ1) is 13.7. The molecular weight excluding hydrogens is 352 g/mol. The van der Waals surface area contributed by atoms with Crippen LogP contribution in [0.4, 0.5) is 11.4 Å². The number of hydrogen-bond acceptors (Lipinski definition) is 6. The van der Waals surface area contributed by atoms with Gasteiger partial charge in [-0.3, -0.25) is 4.90 Å². The monoisotopic (exact) mass is 382 g/mol. The molecule has 1 N–H and O–H groups in total. The first-order valence-corrected chi connectivity index (χ1v) is 10.2. The summed E-state index contributed by atoms with van der Waals surface area (Å²) in [6, 6.07) is 6.57. The van der Waals surface area contributed by atoms with Crippen LogP contribution in [0.5, 0.6) is 0 Å². The second-order valence-corrected chi connectivity index (χ2v) is 7.96. The molecule has 0 aromatic heterocycles. The maximum Gasteiger partial charge on any atom is 0.146 e. The molecule has 0 aliphatic carbocycles. The zero-order valence-corrected chi connectivity index (χ0v) is 16.9. The Morgan fingerprint density at radius 3 is 2.71 bits per heavy atom. The number of fused-ring (bicyclic) bond motifs is 1. The molecule has 4 rings (SSSR count). The van der Waals surface area contributed by atoms with Crippen molar-refractivity contribution < 1.29 is 9.53 Å². The number of anilines is 2. The Bertz CT molecular complexity index is 792. The Morgan fingerprint density at radius 2 is 2.04 bits per heavy atom. The summed E-state index contributed by atoms with van der Waals surface area (Å²) in [4.78, 5) is 18.8. The lowest BCUT2D eigenvalue weighted by molar-refractivity contribution is 0.144. The van der Waals surface area contributed by atoms with Gasteiger partial charge in [0.2, 0.25) is 0 Å². The van der Waals surface area contributed by atoms with Crippen molar-refractivity contribution in [1.29, 1.82) is 0 Å². The third-order valence-corrected chi connectivity index (χ3v) is 6.18. The SMILES string of the molecule is COCCN1CCN(c2ccc3c(c2)C(C2=CCN(C)CC2)C(=C=O)N3)CC1. The molecule has 3 heterocycles. The molecule has 6 heteroatoms. The maximum absolute atomic E-state index is 11.6. The minimum atomic E-state index is 0.0316. The summed E-state index contributed by atoms with van der Waals surface area (Å²) in [7, 11) is 3.89. The molecule has 1 atom stereocenters. The van der Waals surface area contributed by atoms with E-state index in [0.29, 0.717) is 5.70 Å². The van der Waals surface area contributed by atoms with Crippen LogP contribution in [-0.2, 0) is 9.53 Å². The number of carbonyl (C=O) groups excluding carboxylic acids is 1. The molecule has 0 radical (unpaired) electrons. The number of nitrogens with zero attached hydrogens (tertiary/aromatic N) is 3. The van der Waals surface area contributed by atoms with Gasteiger partial charge < -0.3 is 19.9 Å². The Labute approximate surface area is 167 Å². The Balaban J connectivity index is 1.53. The van der Waals surface area contributed by atoms with Crippen LogP contribution in [0.3, 0.4) is 0 Å². The van der Waals surface area contributed by atoms with E-state index >= 15 is 0 Å². The summed E-state index contributed by atoms with van der Waals surface area (Å²) in [5, 5.41) is 3.30. The van der Waals surface area contributed by atoms with E-state index in [9.17, 15) is 4.79 Å². The van der Waals surface area contributed by atoms with Crippen molar-refractivity contribution in [3.63, 3.8) is 0 Å². The molecule has 1 aromatic carbocycles. The number of nitrogens with one attached hydrogen (secondary N) is 1. The number of likely N-dealkylation sites (N-methyl/N-ethyl adjacent to an activating group) is 1. The first kappa shape index (κ1) is 19.2. The fourth-order valence-corrected chi connectivity index (χ4v) is 4.44. The number of ether oxygens (including phenoxy) is 1. The van der Waals surface area contributed by atoms with Crippen molar-refractivity contribution in [2.75, 3.05) is 76.8 Å². The Morgan fingerprint density at radius 1 is 1.21 bits per heavy atom. The van der Waals surface area contributed by atoms with Gasteiger partial charge in [0.15, 0.2) is 0 Å². The molecule has 1 fully saturated rings. The topological polar surface area (TPSA) is 48.1 Å². The minimum absolute atomic E-state index is 0.0316. The highest BCUT2D eigenvalue weighted by atomic mass is 16.5. The Hall–Kier alpha value is -2.11. The third-order valence-electron chi connectivity index (χ3n) is 6.18. The van der Waals surface area contributed by atoms with Crippen molar-refractivity contribution >= 4 is 17.3 Å². The number of methoxy groups -OCH3 is 1. The summed E-state index contributed by atoms with van der Waals surface area (Å²) in [5.41, 5.74) is 5.51. The molecule has 0 spiro atoms. The summed E-state index contributed by atoms with van der Waals surface area (Å²) < 4.78 is 5.20. The van der Waals surface area contributed by atoms with Gasteiger partial charge in [-0.1, -0.05) is 11.6 Å². The zero-order chi connectivity index (χ0) is 19.5. The predicted molar refractivity (Wildman–Crippen MR) is 113 cm³/mol. The molecule has 150 valence electrons. The third kappa shape index (κ3) is 3.87. The molecule has 6 nitrogen and oxygen atoms in total. The molecule has 0 amide bonds. The Kier molecular flexibility index (Phi) is 5.83. The van der Waals surface area contributed by atoms with Gasteiger partial charge >= 0.3 is 0 Å². The fourth-order valence-electron chi connectivity index (χ4n) is 4.44. The number of piperazine rings is 1. The minimum Gasteiger partial charge on any atom is -0.383 e. The summed E-state index contributed by atoms with van der Waals surface area (Å²) in [5.74, 6) is 2.19. The van der Waals surface area contributed by atoms with Crippen LogP contribution in [0, 0.1) is 0 Å². The summed E-state index contributed by atoms with van der Waals surface area (Å²) >= 11 is 0. The van der Waals surface area contributed by atoms with Gasteiger partial charge in [0.1, 0.15) is 11.6 Å². The van der Waals surface area contributed by atoms with Crippen molar-refractivity contribution in [2.45, 2.75) is 12.3 Å². The van der Waals surface area contributed by atoms with Crippen LogP contribution in [0.15, 0.2) is 35.5 Å². The van der Waals surface area contributed by atoms with Crippen molar-refractivity contribution in [3.05, 3.63) is 41.1 Å². The first-order valence-electron chi connectivity index (χ1n) is 10.2. The van der Waals surface area contributed by atoms with E-state index < -0.39 is 0 Å². The van der Waals surface area contributed by atoms with Crippen molar-refractivity contribution in [3.8, 4) is 0 Å². The van der Waals surface area contributed by atoms with Gasteiger partial charge in [-0.2, -0.15) is 0 Å². The number of benzene rings is 1. The summed E-state index contributed by atoms with van der Waals surface area (Å²) in [6.07, 6.45) is 3.28. The van der Waals surface area contributed by atoms with E-state index in [0.717, 1.165) is 64.5 Å². The lowest BCUT2D eigenvalue weighted by Crippen LogP contribution is -2.47. The normalized spacial score (nSPS) is 23.2. The van der Waals surface area contributed by atoms with E-state index in [4.69, 9.17) is 4.74 Å². The van der Waals surface area contributed by atoms with Crippen LogP contribution < -0.4 is 10.2 Å². The van der Waals surface area contributed by atoms with Crippen LogP contribution in [-0.4, -0.2) is 82.3 Å². The van der Waals surface area contributed by atoms with Crippen LogP contribution in [0.2, 0.25) is 0 Å². The molecule has 3 aliphatic heterocycles. The fraction of sp³-hybridized carbons (Fsp3) is 0.545. The largest absolute Gasteiger partial charge is 0.383 e. The molecule has 1 aromatic rings. The highest BCUT2D eigenvalue weighted by molar-refractivity contribution is 5.78. The molecule has 0 saturated carbocycles. The molecular formula is C22H30N4O2. The molecule has 0 bridgehead atoms. The molecule has 1 saturated heterocycles. The smallest absolute Gasteiger partial charge is 0.146 e. The van der Waals surface area contributed by atoms with E-state index in [1.165, 1.54) is 16.8 Å². The van der Waals surface area contributed by atoms with Crippen LogP contribution in [0.1, 0.15) is 17.9 Å². The number of hydrogen-bond donors (Lipinski definition) is 1. The van der Waals surface area contributed by atoms with Gasteiger partial charge in [-0.05, 0) is 37.2 Å². The number of rotatable bonds is 5. The van der Waals surface area contributed by atoms with E-state index in [1.807, 2.05) is 0 Å². The van der Waals surface area contributed by atoms with Gasteiger partial charge in [0.25, 0.3) is 0 Å². The quantitative estimate of drug-likeness (QED) is 0.620. The average Bonchev–Trinajstić information content (AvgIpc) is 3.11. The highest BCUT2D eigenvalue weighted by Crippen LogP contribution is 2.45. The zero-order valence-electron chi connectivity index (χ0n) is 16.9. The maximum atomic E-state index is 11.6. The standard InChI is InChI=1S/C22H30N4O2/c1-24-7-5-17(6-8-24)22-19-15-18(3-4-20(19)23-21(22)16-27)26-11-9-25(10-12-26)13-14-28-2/h3-5,15,22-23H,6-14H2,1-2H3. The molecule has 1 unspecified atom stereocenters. The van der Waals surface area contributed by atoms with Crippen LogP contribution >= 0.6 is 0 Å². The summed E-state index contributed by atoms with van der Waals surface area (Å²) in [6.45, 7) is 7.91. The van der Waals surface area contributed by atoms with Gasteiger partial charge in [-0.25, -0.2) is 4.79 Å². The van der Waals surface area contributed by atoms with Gasteiger partial charge in [-0.15, -0.1) is 0 Å². The van der Waals surface area contributed by atoms with Crippen molar-refractivity contribution in [1.82, 2.24) is 9.80 Å². The molecule has 28 heavy (non-hydrogen) atoms. The number of allylic oxidation sites excluding steroid dienone is 1. The van der Waals surface area contributed by atoms with E-state index in [-0.39, 0.29) is 5.92 Å². The second-order valence-electron chi connectivity index (χ2n) is 7.96. The molecule has 3 aliphatic rings. The average molecular weight is 383 g/mol. The highest BCUT2D eigenvalue weighted by Gasteiger charge is 2.33. The van der Waals surface area contributed by atoms with E-state index in [1.54, 1.807) is 7.11 Å². The van der Waals surface area contributed by atoms with Gasteiger partial charge in [0, 0.05) is 64.3 Å². The van der Waals surface area contributed by atoms with Crippen LogP contribution in [0.25, 0.3) is 0 Å². The van der Waals surface area contributed by atoms with Crippen molar-refractivity contribution in [2.24, 2.45) is 0 Å².